The van der Waals surface area contributed by atoms with E-state index >= 15 is 0 Å². The molecule has 0 aromatic carbocycles. The minimum atomic E-state index is -0.405. The maximum atomic E-state index is 12.6. The largest absolute Gasteiger partial charge is 0.469 e. The van der Waals surface area contributed by atoms with Crippen molar-refractivity contribution < 1.29 is 13.9 Å². The molecular weight excluding hydrogens is 288 g/mol. The minimum absolute atomic E-state index is 0.0784. The van der Waals surface area contributed by atoms with Crippen molar-refractivity contribution >= 4 is 28.6 Å². The fourth-order valence-electron chi connectivity index (χ4n) is 0.782. The van der Waals surface area contributed by atoms with Crippen LogP contribution in [0.1, 0.15) is 5.69 Å². The molecule has 3 nitrogen and oxygen atoms in total. The lowest BCUT2D eigenvalue weighted by atomic mass is 10.3. The summed E-state index contributed by atoms with van der Waals surface area (Å²) in [4.78, 5) is 14.6. The fraction of sp³-hybridized carbons (Fsp3) is 0.250. The number of hydrogen-bond acceptors (Lipinski definition) is 3. The van der Waals surface area contributed by atoms with Crippen LogP contribution in [0, 0.1) is 9.39 Å². The van der Waals surface area contributed by atoms with Gasteiger partial charge in [0, 0.05) is 3.57 Å². The molecule has 13 heavy (non-hydrogen) atoms. The molecule has 0 saturated heterocycles. The number of pyridine rings is 1. The summed E-state index contributed by atoms with van der Waals surface area (Å²) >= 11 is 1.93. The molecule has 0 aliphatic carbocycles. The number of halogens is 2. The first-order valence-corrected chi connectivity index (χ1v) is 4.58. The molecule has 0 radical (unpaired) electrons. The highest BCUT2D eigenvalue weighted by Gasteiger charge is 2.08. The van der Waals surface area contributed by atoms with E-state index in [0.717, 1.165) is 6.20 Å². The van der Waals surface area contributed by atoms with Crippen molar-refractivity contribution in [2.45, 2.75) is 6.42 Å². The van der Waals surface area contributed by atoms with Gasteiger partial charge in [0.1, 0.15) is 5.82 Å². The van der Waals surface area contributed by atoms with Crippen molar-refractivity contribution in [3.63, 3.8) is 0 Å². The lowest BCUT2D eigenvalue weighted by Crippen LogP contribution is -2.07. The number of ether oxygens (including phenoxy) is 1. The molecule has 1 aromatic rings. The molecule has 0 amide bonds. The quantitative estimate of drug-likeness (QED) is 0.614. The van der Waals surface area contributed by atoms with E-state index in [1.165, 1.54) is 13.2 Å². The molecule has 0 saturated carbocycles. The fourth-order valence-corrected chi connectivity index (χ4v) is 1.41. The van der Waals surface area contributed by atoms with Gasteiger partial charge in [-0.3, -0.25) is 9.78 Å². The third-order valence-electron chi connectivity index (χ3n) is 1.42. The highest BCUT2D eigenvalue weighted by molar-refractivity contribution is 14.1. The van der Waals surface area contributed by atoms with Crippen molar-refractivity contribution in [1.29, 1.82) is 0 Å². The van der Waals surface area contributed by atoms with Gasteiger partial charge in [-0.05, 0) is 28.7 Å². The lowest BCUT2D eigenvalue weighted by Gasteiger charge is -2.01. The summed E-state index contributed by atoms with van der Waals surface area (Å²) < 4.78 is 17.7. The Kier molecular flexibility index (Phi) is 3.58. The highest BCUT2D eigenvalue weighted by Crippen LogP contribution is 2.11. The van der Waals surface area contributed by atoms with Gasteiger partial charge in [0.2, 0.25) is 0 Å². The summed E-state index contributed by atoms with van der Waals surface area (Å²) in [5.41, 5.74) is 0.536. The molecule has 0 bridgehead atoms. The monoisotopic (exact) mass is 295 g/mol. The van der Waals surface area contributed by atoms with Crippen molar-refractivity contribution in [2.24, 2.45) is 0 Å². The molecular formula is C8H7FINO2. The van der Waals surface area contributed by atoms with E-state index < -0.39 is 5.82 Å². The SMILES string of the molecule is COC(=O)Cc1ncc(F)cc1I. The third-order valence-corrected chi connectivity index (χ3v) is 2.36. The Morgan fingerprint density at radius 2 is 2.46 bits per heavy atom. The van der Waals surface area contributed by atoms with Crippen LogP contribution in [-0.2, 0) is 16.0 Å². The topological polar surface area (TPSA) is 39.2 Å². The van der Waals surface area contributed by atoms with E-state index in [0.29, 0.717) is 9.26 Å². The van der Waals surface area contributed by atoms with Gasteiger partial charge in [-0.15, -0.1) is 0 Å². The predicted molar refractivity (Wildman–Crippen MR) is 52.6 cm³/mol. The van der Waals surface area contributed by atoms with Gasteiger partial charge >= 0.3 is 5.97 Å². The number of carbonyl (C=O) groups excluding carboxylic acids is 1. The van der Waals surface area contributed by atoms with E-state index in [-0.39, 0.29) is 12.4 Å². The summed E-state index contributed by atoms with van der Waals surface area (Å²) in [5.74, 6) is -0.782. The molecule has 1 aromatic heterocycles. The first-order valence-electron chi connectivity index (χ1n) is 3.50. The highest BCUT2D eigenvalue weighted by atomic mass is 127. The third kappa shape index (κ3) is 2.91. The van der Waals surface area contributed by atoms with E-state index in [1.807, 2.05) is 22.6 Å². The zero-order chi connectivity index (χ0) is 9.84. The Labute approximate surface area is 88.4 Å². The number of hydrogen-bond donors (Lipinski definition) is 0. The molecule has 0 aliphatic rings. The molecule has 5 heteroatoms. The van der Waals surface area contributed by atoms with Crippen LogP contribution in [-0.4, -0.2) is 18.1 Å². The zero-order valence-electron chi connectivity index (χ0n) is 6.88. The van der Waals surface area contributed by atoms with Crippen molar-refractivity contribution in [3.05, 3.63) is 27.3 Å². The smallest absolute Gasteiger partial charge is 0.311 e. The first-order chi connectivity index (χ1) is 6.13. The second kappa shape index (κ2) is 4.50. The van der Waals surface area contributed by atoms with Gasteiger partial charge in [0.25, 0.3) is 0 Å². The van der Waals surface area contributed by atoms with Gasteiger partial charge in [-0.1, -0.05) is 0 Å². The van der Waals surface area contributed by atoms with Crippen LogP contribution >= 0.6 is 22.6 Å². The molecule has 1 rings (SSSR count). The number of esters is 1. The summed E-state index contributed by atoms with van der Waals surface area (Å²) in [6.45, 7) is 0. The second-order valence-electron chi connectivity index (χ2n) is 2.33. The zero-order valence-corrected chi connectivity index (χ0v) is 9.04. The van der Waals surface area contributed by atoms with Crippen molar-refractivity contribution in [2.75, 3.05) is 7.11 Å². The van der Waals surface area contributed by atoms with Crippen LogP contribution in [0.15, 0.2) is 12.3 Å². The molecule has 0 fully saturated rings. The first kappa shape index (κ1) is 10.4. The Morgan fingerprint density at radius 1 is 1.77 bits per heavy atom. The normalized spacial score (nSPS) is 9.77. The summed E-state index contributed by atoms with van der Waals surface area (Å²) in [5, 5.41) is 0. The van der Waals surface area contributed by atoms with Crippen LogP contribution in [0.3, 0.4) is 0 Å². The second-order valence-corrected chi connectivity index (χ2v) is 3.50. The Hall–Kier alpha value is -0.720. The molecule has 0 spiro atoms. The van der Waals surface area contributed by atoms with Gasteiger partial charge in [0.05, 0.1) is 25.4 Å². The van der Waals surface area contributed by atoms with Crippen LogP contribution in [0.2, 0.25) is 0 Å². The maximum absolute atomic E-state index is 12.6. The number of methoxy groups -OCH3 is 1. The molecule has 0 N–H and O–H groups in total. The summed E-state index contributed by atoms with van der Waals surface area (Å²) in [7, 11) is 1.30. The number of carbonyl (C=O) groups is 1. The van der Waals surface area contributed by atoms with Crippen LogP contribution in [0.5, 0.6) is 0 Å². The van der Waals surface area contributed by atoms with Gasteiger partial charge in [-0.2, -0.15) is 0 Å². The average molecular weight is 295 g/mol. The number of nitrogens with zero attached hydrogens (tertiary/aromatic N) is 1. The van der Waals surface area contributed by atoms with Crippen LogP contribution in [0.25, 0.3) is 0 Å². The van der Waals surface area contributed by atoms with Crippen molar-refractivity contribution in [3.8, 4) is 0 Å². The Bertz CT molecular complexity index is 330. The summed E-state index contributed by atoms with van der Waals surface area (Å²) in [6.07, 6.45) is 1.16. The molecule has 0 atom stereocenters. The van der Waals surface area contributed by atoms with E-state index in [4.69, 9.17) is 0 Å². The Balaban J connectivity index is 2.83. The number of rotatable bonds is 2. The average Bonchev–Trinajstić information content (AvgIpc) is 2.09. The van der Waals surface area contributed by atoms with Gasteiger partial charge in [-0.25, -0.2) is 4.39 Å². The van der Waals surface area contributed by atoms with E-state index in [2.05, 4.69) is 9.72 Å². The molecule has 1 heterocycles. The van der Waals surface area contributed by atoms with Crippen LogP contribution < -0.4 is 0 Å². The Morgan fingerprint density at radius 3 is 3.00 bits per heavy atom. The lowest BCUT2D eigenvalue weighted by molar-refractivity contribution is -0.139. The maximum Gasteiger partial charge on any atom is 0.311 e. The molecule has 70 valence electrons. The minimum Gasteiger partial charge on any atom is -0.469 e. The van der Waals surface area contributed by atoms with E-state index in [1.54, 1.807) is 0 Å². The molecule has 0 unspecified atom stereocenters. The van der Waals surface area contributed by atoms with Crippen molar-refractivity contribution in [1.82, 2.24) is 4.98 Å². The number of aromatic nitrogens is 1. The van der Waals surface area contributed by atoms with Crippen LogP contribution in [0.4, 0.5) is 4.39 Å². The predicted octanol–water partition coefficient (Wildman–Crippen LogP) is 1.54. The molecule has 0 aliphatic heterocycles. The standard InChI is InChI=1S/C8H7FINO2/c1-13-8(12)3-7-6(10)2-5(9)4-11-7/h2,4H,3H2,1H3. The van der Waals surface area contributed by atoms with E-state index in [9.17, 15) is 9.18 Å². The van der Waals surface area contributed by atoms with Gasteiger partial charge in [0.15, 0.2) is 0 Å². The summed E-state index contributed by atoms with van der Waals surface area (Å²) in [6, 6.07) is 1.33. The van der Waals surface area contributed by atoms with Gasteiger partial charge < -0.3 is 4.74 Å².